The van der Waals surface area contributed by atoms with Crippen molar-refractivity contribution in [3.05, 3.63) is 41.7 Å². The molecular weight excluding hydrogens is 188 g/mol. The third-order valence-electron chi connectivity index (χ3n) is 2.46. The van der Waals surface area contributed by atoms with Crippen LogP contribution in [0.5, 0.6) is 5.75 Å². The first-order valence-corrected chi connectivity index (χ1v) is 5.23. The lowest BCUT2D eigenvalue weighted by Crippen LogP contribution is -2.12. The summed E-state index contributed by atoms with van der Waals surface area (Å²) >= 11 is 0. The van der Waals surface area contributed by atoms with Crippen molar-refractivity contribution in [1.29, 1.82) is 0 Å². The maximum Gasteiger partial charge on any atom is 0.197 e. The molecule has 0 N–H and O–H groups in total. The highest BCUT2D eigenvalue weighted by Gasteiger charge is 2.15. The van der Waals surface area contributed by atoms with Crippen LogP contribution < -0.4 is 4.74 Å². The van der Waals surface area contributed by atoms with E-state index >= 15 is 0 Å². The summed E-state index contributed by atoms with van der Waals surface area (Å²) < 4.78 is 5.53. The van der Waals surface area contributed by atoms with Crippen LogP contribution in [0.3, 0.4) is 0 Å². The van der Waals surface area contributed by atoms with Gasteiger partial charge < -0.3 is 4.74 Å². The summed E-state index contributed by atoms with van der Waals surface area (Å²) in [7, 11) is 0. The minimum Gasteiger partial charge on any atom is -0.454 e. The summed E-state index contributed by atoms with van der Waals surface area (Å²) in [6.07, 6.45) is 4.37. The molecule has 2 heteroatoms. The van der Waals surface area contributed by atoms with Crippen molar-refractivity contribution in [1.82, 2.24) is 0 Å². The fourth-order valence-corrected chi connectivity index (χ4v) is 1.56. The molecule has 2 rings (SSSR count). The van der Waals surface area contributed by atoms with Gasteiger partial charge in [0, 0.05) is 6.42 Å². The predicted octanol–water partition coefficient (Wildman–Crippen LogP) is 3.01. The molecule has 1 aliphatic carbocycles. The molecule has 0 bridgehead atoms. The SMILES string of the molecule is Cc1ccc(OC2=CCCCC2=O)cc1. The van der Waals surface area contributed by atoms with Crippen LogP contribution in [0.15, 0.2) is 36.1 Å². The quantitative estimate of drug-likeness (QED) is 0.736. The summed E-state index contributed by atoms with van der Waals surface area (Å²) in [5, 5.41) is 0. The van der Waals surface area contributed by atoms with Crippen molar-refractivity contribution in [3.63, 3.8) is 0 Å². The van der Waals surface area contributed by atoms with Crippen molar-refractivity contribution in [2.45, 2.75) is 26.2 Å². The lowest BCUT2D eigenvalue weighted by Gasteiger charge is -2.12. The van der Waals surface area contributed by atoms with Gasteiger partial charge in [0.25, 0.3) is 0 Å². The van der Waals surface area contributed by atoms with Crippen LogP contribution in [-0.2, 0) is 4.79 Å². The van der Waals surface area contributed by atoms with Gasteiger partial charge in [-0.25, -0.2) is 0 Å². The Labute approximate surface area is 89.6 Å². The van der Waals surface area contributed by atoms with Gasteiger partial charge in [-0.05, 0) is 38.0 Å². The summed E-state index contributed by atoms with van der Waals surface area (Å²) in [5.41, 5.74) is 1.19. The summed E-state index contributed by atoms with van der Waals surface area (Å²) in [6, 6.07) is 7.72. The lowest BCUT2D eigenvalue weighted by atomic mass is 10.1. The Hall–Kier alpha value is -1.57. The van der Waals surface area contributed by atoms with E-state index in [1.807, 2.05) is 37.3 Å². The monoisotopic (exact) mass is 202 g/mol. The molecule has 0 saturated heterocycles. The van der Waals surface area contributed by atoms with Gasteiger partial charge in [-0.3, -0.25) is 4.79 Å². The molecule has 0 fully saturated rings. The number of carbonyl (C=O) groups excluding carboxylic acids is 1. The molecule has 0 aromatic heterocycles. The Balaban J connectivity index is 2.11. The zero-order chi connectivity index (χ0) is 10.7. The molecule has 1 aromatic carbocycles. The van der Waals surface area contributed by atoms with Gasteiger partial charge in [-0.15, -0.1) is 0 Å². The number of Topliss-reactive ketones (excluding diaryl/α,β-unsaturated/α-hetero) is 1. The first-order chi connectivity index (χ1) is 7.25. The summed E-state index contributed by atoms with van der Waals surface area (Å²) in [4.78, 5) is 11.5. The molecule has 15 heavy (non-hydrogen) atoms. The van der Waals surface area contributed by atoms with E-state index in [9.17, 15) is 4.79 Å². The maximum absolute atomic E-state index is 11.5. The van der Waals surface area contributed by atoms with Crippen LogP contribution in [0.25, 0.3) is 0 Å². The Morgan fingerprint density at radius 3 is 2.60 bits per heavy atom. The molecule has 0 saturated carbocycles. The van der Waals surface area contributed by atoms with Crippen molar-refractivity contribution >= 4 is 5.78 Å². The van der Waals surface area contributed by atoms with Crippen LogP contribution in [0, 0.1) is 6.92 Å². The Bertz CT molecular complexity index is 388. The molecule has 78 valence electrons. The molecule has 0 unspecified atom stereocenters. The number of benzene rings is 1. The van der Waals surface area contributed by atoms with Crippen LogP contribution in [-0.4, -0.2) is 5.78 Å². The number of hydrogen-bond donors (Lipinski definition) is 0. The fraction of sp³-hybridized carbons (Fsp3) is 0.308. The van der Waals surface area contributed by atoms with E-state index in [0.29, 0.717) is 12.2 Å². The standard InChI is InChI=1S/C13H14O2/c1-10-6-8-11(9-7-10)15-13-5-3-2-4-12(13)14/h5-9H,2-4H2,1H3. The van der Waals surface area contributed by atoms with Crippen LogP contribution in [0.1, 0.15) is 24.8 Å². The number of rotatable bonds is 2. The average Bonchev–Trinajstić information content (AvgIpc) is 2.25. The minimum absolute atomic E-state index is 0.113. The van der Waals surface area contributed by atoms with Gasteiger partial charge >= 0.3 is 0 Å². The molecule has 2 nitrogen and oxygen atoms in total. The number of carbonyl (C=O) groups is 1. The highest BCUT2D eigenvalue weighted by atomic mass is 16.5. The van der Waals surface area contributed by atoms with Gasteiger partial charge in [0.1, 0.15) is 5.75 Å². The van der Waals surface area contributed by atoms with E-state index in [1.165, 1.54) is 5.56 Å². The van der Waals surface area contributed by atoms with Gasteiger partial charge in [0.2, 0.25) is 0 Å². The van der Waals surface area contributed by atoms with E-state index in [2.05, 4.69) is 0 Å². The normalized spacial score (nSPS) is 16.1. The predicted molar refractivity (Wildman–Crippen MR) is 58.7 cm³/mol. The fourth-order valence-electron chi connectivity index (χ4n) is 1.56. The zero-order valence-electron chi connectivity index (χ0n) is 8.82. The molecule has 1 aliphatic rings. The zero-order valence-corrected chi connectivity index (χ0v) is 8.82. The highest BCUT2D eigenvalue weighted by molar-refractivity contribution is 5.94. The van der Waals surface area contributed by atoms with Crippen LogP contribution in [0.4, 0.5) is 0 Å². The summed E-state index contributed by atoms with van der Waals surface area (Å²) in [6.45, 7) is 2.02. The first-order valence-electron chi connectivity index (χ1n) is 5.23. The largest absolute Gasteiger partial charge is 0.454 e. The van der Waals surface area contributed by atoms with Gasteiger partial charge in [-0.2, -0.15) is 0 Å². The Morgan fingerprint density at radius 2 is 1.93 bits per heavy atom. The van der Waals surface area contributed by atoms with Crippen molar-refractivity contribution < 1.29 is 9.53 Å². The van der Waals surface area contributed by atoms with Crippen LogP contribution in [0.2, 0.25) is 0 Å². The van der Waals surface area contributed by atoms with Gasteiger partial charge in [0.05, 0.1) is 0 Å². The summed E-state index contributed by atoms with van der Waals surface area (Å²) in [5.74, 6) is 1.36. The van der Waals surface area contributed by atoms with E-state index in [0.717, 1.165) is 18.6 Å². The van der Waals surface area contributed by atoms with Crippen molar-refractivity contribution in [3.8, 4) is 5.75 Å². The molecule has 1 aromatic rings. The average molecular weight is 202 g/mol. The molecular formula is C13H14O2. The van der Waals surface area contributed by atoms with Crippen molar-refractivity contribution in [2.24, 2.45) is 0 Å². The third kappa shape index (κ3) is 2.46. The number of ether oxygens (including phenoxy) is 1. The maximum atomic E-state index is 11.5. The van der Waals surface area contributed by atoms with E-state index < -0.39 is 0 Å². The second-order valence-corrected chi connectivity index (χ2v) is 3.80. The Kier molecular flexibility index (Phi) is 2.86. The number of ketones is 1. The third-order valence-corrected chi connectivity index (χ3v) is 2.46. The van der Waals surface area contributed by atoms with Gasteiger partial charge in [0.15, 0.2) is 11.5 Å². The van der Waals surface area contributed by atoms with E-state index in [4.69, 9.17) is 4.74 Å². The number of allylic oxidation sites excluding steroid dienone is 2. The second-order valence-electron chi connectivity index (χ2n) is 3.80. The van der Waals surface area contributed by atoms with Crippen LogP contribution >= 0.6 is 0 Å². The highest BCUT2D eigenvalue weighted by Crippen LogP contribution is 2.20. The molecule has 0 atom stereocenters. The number of aryl methyl sites for hydroxylation is 1. The second kappa shape index (κ2) is 4.30. The molecule has 0 radical (unpaired) electrons. The minimum atomic E-state index is 0.113. The smallest absolute Gasteiger partial charge is 0.197 e. The molecule has 0 amide bonds. The molecule has 0 aliphatic heterocycles. The number of hydrogen-bond acceptors (Lipinski definition) is 2. The topological polar surface area (TPSA) is 26.3 Å². The van der Waals surface area contributed by atoms with Crippen molar-refractivity contribution in [2.75, 3.05) is 0 Å². The van der Waals surface area contributed by atoms with Gasteiger partial charge in [-0.1, -0.05) is 17.7 Å². The molecule has 0 spiro atoms. The van der Waals surface area contributed by atoms with E-state index in [1.54, 1.807) is 0 Å². The van der Waals surface area contributed by atoms with E-state index in [-0.39, 0.29) is 5.78 Å². The lowest BCUT2D eigenvalue weighted by molar-refractivity contribution is -0.118. The first kappa shape index (κ1) is 9.97. The molecule has 0 heterocycles. The Morgan fingerprint density at radius 1 is 1.20 bits per heavy atom.